The Morgan fingerprint density at radius 3 is 2.63 bits per heavy atom. The van der Waals surface area contributed by atoms with Gasteiger partial charge in [-0.25, -0.2) is 22.9 Å². The minimum atomic E-state index is -1.21. The van der Waals surface area contributed by atoms with Crippen LogP contribution in [-0.2, 0) is 6.54 Å². The van der Waals surface area contributed by atoms with E-state index in [-0.39, 0.29) is 56.3 Å². The number of nitrogens with one attached hydrogen (secondary N) is 2. The first-order valence-electron chi connectivity index (χ1n) is 14.4. The molecule has 1 aromatic heterocycles. The van der Waals surface area contributed by atoms with Gasteiger partial charge in [-0.2, -0.15) is 0 Å². The van der Waals surface area contributed by atoms with E-state index in [1.54, 1.807) is 35.9 Å². The number of phenolic OH excluding ortho intramolecular Hbond substituents is 1. The number of benzene rings is 2. The van der Waals surface area contributed by atoms with Crippen LogP contribution in [0.5, 0.6) is 5.75 Å². The molecule has 0 spiro atoms. The van der Waals surface area contributed by atoms with Crippen LogP contribution in [0, 0.1) is 23.0 Å². The number of nitrogens with zero attached hydrogens (tertiary/aromatic N) is 3. The zero-order valence-corrected chi connectivity index (χ0v) is 24.6. The van der Waals surface area contributed by atoms with Crippen molar-refractivity contribution in [2.24, 2.45) is 11.3 Å². The van der Waals surface area contributed by atoms with Gasteiger partial charge >= 0.3 is 6.03 Å². The second-order valence-electron chi connectivity index (χ2n) is 11.9. The largest absolute Gasteiger partial charge is 0.508 e. The lowest BCUT2D eigenvalue weighted by molar-refractivity contribution is 0.0599. The molecule has 2 heterocycles. The average molecular weight is 604 g/mol. The maximum absolute atomic E-state index is 15.0. The van der Waals surface area contributed by atoms with Gasteiger partial charge in [-0.15, -0.1) is 0 Å². The van der Waals surface area contributed by atoms with Crippen molar-refractivity contribution in [3.63, 3.8) is 0 Å². The number of hydrogen-bond donors (Lipinski definition) is 5. The molecule has 1 aliphatic rings. The zero-order valence-electron chi connectivity index (χ0n) is 24.6. The Balaban J connectivity index is 1.92. The van der Waals surface area contributed by atoms with Gasteiger partial charge in [-0.1, -0.05) is 26.0 Å². The molecule has 0 bridgehead atoms. The topological polar surface area (TPSA) is 123 Å². The van der Waals surface area contributed by atoms with Crippen molar-refractivity contribution in [1.82, 2.24) is 25.1 Å². The summed E-state index contributed by atoms with van der Waals surface area (Å²) in [6.45, 7) is 5.40. The number of aliphatic hydroxyl groups excluding tert-OH is 2. The maximum Gasteiger partial charge on any atom is 0.318 e. The number of aliphatic hydroxyl groups is 2. The number of aromatic nitrogens is 2. The highest BCUT2D eigenvalue weighted by Gasteiger charge is 2.43. The highest BCUT2D eigenvalue weighted by atomic mass is 19.1. The van der Waals surface area contributed by atoms with E-state index in [2.05, 4.69) is 10.6 Å². The molecule has 0 saturated carbocycles. The number of carbonyl (C=O) groups excluding carboxylic acids is 1. The van der Waals surface area contributed by atoms with E-state index >= 15 is 0 Å². The van der Waals surface area contributed by atoms with Crippen LogP contribution in [-0.4, -0.2) is 80.9 Å². The van der Waals surface area contributed by atoms with Crippen LogP contribution in [0.4, 0.5) is 18.0 Å². The first-order chi connectivity index (χ1) is 20.4. The summed E-state index contributed by atoms with van der Waals surface area (Å²) in [6.07, 6.45) is 0.568. The fourth-order valence-electron chi connectivity index (χ4n) is 5.56. The molecule has 5 N–H and O–H groups in total. The summed E-state index contributed by atoms with van der Waals surface area (Å²) in [7, 11) is 0. The molecule has 0 aliphatic carbocycles. The van der Waals surface area contributed by atoms with Crippen molar-refractivity contribution in [1.29, 1.82) is 0 Å². The maximum atomic E-state index is 15.0. The molecular weight excluding hydrogens is 563 g/mol. The molecule has 1 saturated heterocycles. The van der Waals surface area contributed by atoms with Gasteiger partial charge in [0.25, 0.3) is 0 Å². The summed E-state index contributed by atoms with van der Waals surface area (Å²) in [5.74, 6) is -1.55. The molecule has 4 atom stereocenters. The molecule has 1 fully saturated rings. The summed E-state index contributed by atoms with van der Waals surface area (Å²) in [6, 6.07) is 7.54. The average Bonchev–Trinajstić information content (AvgIpc) is 3.54. The molecule has 12 heteroatoms. The van der Waals surface area contributed by atoms with Gasteiger partial charge in [0, 0.05) is 50.5 Å². The zero-order chi connectivity index (χ0) is 31.3. The van der Waals surface area contributed by atoms with Gasteiger partial charge in [-0.05, 0) is 54.7 Å². The smallest absolute Gasteiger partial charge is 0.318 e. The molecule has 3 aromatic rings. The van der Waals surface area contributed by atoms with E-state index in [1.807, 2.05) is 13.8 Å². The van der Waals surface area contributed by atoms with E-state index in [9.17, 15) is 33.3 Å². The Hall–Kier alpha value is -3.61. The van der Waals surface area contributed by atoms with Gasteiger partial charge in [0.1, 0.15) is 29.4 Å². The fraction of sp³-hybridized carbons (Fsp3) is 0.484. The molecule has 43 heavy (non-hydrogen) atoms. The van der Waals surface area contributed by atoms with Crippen molar-refractivity contribution in [3.05, 3.63) is 71.7 Å². The number of phenols is 1. The second-order valence-corrected chi connectivity index (χ2v) is 11.9. The summed E-state index contributed by atoms with van der Waals surface area (Å²) < 4.78 is 45.9. The highest BCUT2D eigenvalue weighted by molar-refractivity contribution is 5.75. The SMILES string of the molecule is CC(CO)NC(=O)N(CC1CNCC1F)C(c1nc(-c2cc(F)ccc2F)cn1Cc1cccc(O)c1)C(C)(C)CCO. The number of halogens is 3. The number of alkyl halides is 1. The number of amides is 2. The Labute approximate surface area is 249 Å². The number of hydrogen-bond acceptors (Lipinski definition) is 6. The van der Waals surface area contributed by atoms with Crippen LogP contribution >= 0.6 is 0 Å². The first kappa shape index (κ1) is 32.3. The van der Waals surface area contributed by atoms with Crippen LogP contribution in [0.25, 0.3) is 11.3 Å². The van der Waals surface area contributed by atoms with Gasteiger partial charge in [-0.3, -0.25) is 0 Å². The van der Waals surface area contributed by atoms with Crippen LogP contribution in [0.3, 0.4) is 0 Å². The van der Waals surface area contributed by atoms with Crippen LogP contribution in [0.15, 0.2) is 48.7 Å². The molecular formula is C31H40F3N5O4. The standard InChI is InChI=1S/C31H40F3N5O4/c1-19(18-41)36-30(43)39(16-21-13-35-14-26(21)34)28(31(2,3)9-10-40)29-37-27(24-12-22(32)7-8-25(24)33)17-38(29)15-20-5-4-6-23(42)11-20/h4-8,11-12,17,19,21,26,28,35,40-42H,9-10,13-16,18H2,1-3H3,(H,36,43). The summed E-state index contributed by atoms with van der Waals surface area (Å²) >= 11 is 0. The van der Waals surface area contributed by atoms with E-state index < -0.39 is 47.3 Å². The number of rotatable bonds is 12. The van der Waals surface area contributed by atoms with Crippen molar-refractivity contribution in [3.8, 4) is 17.0 Å². The predicted octanol–water partition coefficient (Wildman–Crippen LogP) is 3.98. The lowest BCUT2D eigenvalue weighted by Gasteiger charge is -2.43. The number of urea groups is 1. The van der Waals surface area contributed by atoms with E-state index in [0.29, 0.717) is 17.9 Å². The lowest BCUT2D eigenvalue weighted by Crippen LogP contribution is -2.52. The third kappa shape index (κ3) is 7.67. The van der Waals surface area contributed by atoms with Crippen LogP contribution in [0.1, 0.15) is 44.6 Å². The quantitative estimate of drug-likeness (QED) is 0.214. The van der Waals surface area contributed by atoms with Gasteiger partial charge < -0.3 is 35.4 Å². The fourth-order valence-corrected chi connectivity index (χ4v) is 5.56. The van der Waals surface area contributed by atoms with E-state index in [4.69, 9.17) is 4.98 Å². The number of aromatic hydroxyl groups is 1. The Morgan fingerprint density at radius 2 is 1.98 bits per heavy atom. The molecule has 234 valence electrons. The summed E-state index contributed by atoms with van der Waals surface area (Å²) in [5.41, 5.74) is -0.140. The van der Waals surface area contributed by atoms with Crippen LogP contribution < -0.4 is 10.6 Å². The van der Waals surface area contributed by atoms with Crippen molar-refractivity contribution >= 4 is 6.03 Å². The minimum absolute atomic E-state index is 0.0136. The third-order valence-electron chi connectivity index (χ3n) is 7.92. The molecule has 2 aromatic carbocycles. The lowest BCUT2D eigenvalue weighted by atomic mass is 9.79. The molecule has 0 radical (unpaired) electrons. The van der Waals surface area contributed by atoms with Gasteiger partial charge in [0.05, 0.1) is 24.4 Å². The molecule has 4 unspecified atom stereocenters. The second kappa shape index (κ2) is 13.8. The van der Waals surface area contributed by atoms with Gasteiger partial charge in [0.15, 0.2) is 0 Å². The Kier molecular flexibility index (Phi) is 10.4. The highest BCUT2D eigenvalue weighted by Crippen LogP contribution is 2.42. The Morgan fingerprint density at radius 1 is 1.21 bits per heavy atom. The van der Waals surface area contributed by atoms with Crippen LogP contribution in [0.2, 0.25) is 0 Å². The molecule has 1 aliphatic heterocycles. The summed E-state index contributed by atoms with van der Waals surface area (Å²) in [4.78, 5) is 20.1. The monoisotopic (exact) mass is 603 g/mol. The molecule has 9 nitrogen and oxygen atoms in total. The van der Waals surface area contributed by atoms with Gasteiger partial charge in [0.2, 0.25) is 0 Å². The number of carbonyl (C=O) groups is 1. The first-order valence-corrected chi connectivity index (χ1v) is 14.4. The molecule has 4 rings (SSSR count). The third-order valence-corrected chi connectivity index (χ3v) is 7.92. The van der Waals surface area contributed by atoms with E-state index in [0.717, 1.165) is 18.2 Å². The predicted molar refractivity (Wildman–Crippen MR) is 156 cm³/mol. The van der Waals surface area contributed by atoms with Crippen molar-refractivity contribution < 1.29 is 33.3 Å². The Bertz CT molecular complexity index is 1400. The van der Waals surface area contributed by atoms with Crippen molar-refractivity contribution in [2.45, 2.75) is 52.0 Å². The summed E-state index contributed by atoms with van der Waals surface area (Å²) in [5, 5.41) is 35.6. The number of imidazole rings is 1. The normalized spacial score (nSPS) is 18.4. The van der Waals surface area contributed by atoms with E-state index in [1.165, 1.54) is 11.0 Å². The minimum Gasteiger partial charge on any atom is -0.508 e. The molecule has 2 amide bonds. The van der Waals surface area contributed by atoms with Crippen molar-refractivity contribution in [2.75, 3.05) is 32.8 Å².